The molecule has 0 bridgehead atoms. The van der Waals surface area contributed by atoms with Gasteiger partial charge in [-0.25, -0.2) is 0 Å². The minimum Gasteiger partial charge on any atom is -0.346 e. The predicted octanol–water partition coefficient (Wildman–Crippen LogP) is 4.93. The van der Waals surface area contributed by atoms with E-state index in [9.17, 15) is 4.79 Å². The maximum atomic E-state index is 12.4. The molecule has 2 rings (SSSR count). The van der Waals surface area contributed by atoms with Crippen LogP contribution in [-0.4, -0.2) is 16.8 Å². The van der Waals surface area contributed by atoms with E-state index in [1.165, 1.54) is 19.3 Å². The third-order valence-electron chi connectivity index (χ3n) is 3.57. The van der Waals surface area contributed by atoms with Gasteiger partial charge in [-0.1, -0.05) is 62.7 Å². The molecule has 1 aromatic rings. The van der Waals surface area contributed by atoms with Crippen molar-refractivity contribution in [2.24, 2.45) is 0 Å². The lowest BCUT2D eigenvalue weighted by Crippen LogP contribution is -2.51. The van der Waals surface area contributed by atoms with Gasteiger partial charge in [0.1, 0.15) is 0 Å². The molecule has 1 fully saturated rings. The third-order valence-corrected chi connectivity index (χ3v) is 5.32. The molecule has 0 radical (unpaired) electrons. The van der Waals surface area contributed by atoms with Crippen molar-refractivity contribution in [2.75, 3.05) is 5.33 Å². The van der Waals surface area contributed by atoms with E-state index in [-0.39, 0.29) is 11.4 Å². The summed E-state index contributed by atoms with van der Waals surface area (Å²) in [5.41, 5.74) is 0.495. The van der Waals surface area contributed by atoms with Gasteiger partial charge in [0.05, 0.1) is 5.54 Å². The zero-order valence-corrected chi connectivity index (χ0v) is 14.4. The summed E-state index contributed by atoms with van der Waals surface area (Å²) in [6, 6.07) is 5.28. The summed E-state index contributed by atoms with van der Waals surface area (Å²) >= 11 is 12.9. The zero-order valence-electron chi connectivity index (χ0n) is 10.5. The Labute approximate surface area is 135 Å². The van der Waals surface area contributed by atoms with Crippen LogP contribution in [0.15, 0.2) is 22.7 Å². The monoisotopic (exact) mass is 407 g/mol. The molecule has 19 heavy (non-hydrogen) atoms. The van der Waals surface area contributed by atoms with Crippen LogP contribution in [0.25, 0.3) is 0 Å². The highest BCUT2D eigenvalue weighted by Gasteiger charge is 2.32. The molecule has 0 spiro atoms. The second-order valence-corrected chi connectivity index (χ2v) is 7.00. The van der Waals surface area contributed by atoms with Gasteiger partial charge in [0.25, 0.3) is 5.91 Å². The lowest BCUT2D eigenvalue weighted by molar-refractivity contribution is 0.0886. The van der Waals surface area contributed by atoms with Gasteiger partial charge in [-0.3, -0.25) is 4.79 Å². The van der Waals surface area contributed by atoms with Crippen LogP contribution in [0.2, 0.25) is 5.02 Å². The first-order valence-corrected chi connectivity index (χ1v) is 8.68. The molecule has 0 aromatic heterocycles. The summed E-state index contributed by atoms with van der Waals surface area (Å²) in [5.74, 6) is -0.0513. The Morgan fingerprint density at radius 1 is 1.26 bits per heavy atom. The molecule has 0 heterocycles. The normalized spacial score (nSPS) is 18.1. The van der Waals surface area contributed by atoms with E-state index in [1.54, 1.807) is 18.2 Å². The van der Waals surface area contributed by atoms with Crippen molar-refractivity contribution in [3.63, 3.8) is 0 Å². The number of amides is 1. The first-order chi connectivity index (χ1) is 9.04. The Kier molecular flexibility index (Phi) is 5.32. The third kappa shape index (κ3) is 3.96. The topological polar surface area (TPSA) is 29.1 Å². The van der Waals surface area contributed by atoms with Crippen molar-refractivity contribution in [3.8, 4) is 0 Å². The van der Waals surface area contributed by atoms with Gasteiger partial charge in [-0.15, -0.1) is 0 Å². The molecule has 1 aliphatic rings. The highest BCUT2D eigenvalue weighted by atomic mass is 79.9. The first kappa shape index (κ1) is 15.3. The fraction of sp³-hybridized carbons (Fsp3) is 0.500. The van der Waals surface area contributed by atoms with Crippen LogP contribution in [0.1, 0.15) is 42.5 Å². The number of hydrogen-bond donors (Lipinski definition) is 1. The van der Waals surface area contributed by atoms with Gasteiger partial charge in [0, 0.05) is 20.4 Å². The number of nitrogens with one attached hydrogen (secondary N) is 1. The molecule has 1 saturated carbocycles. The maximum Gasteiger partial charge on any atom is 0.251 e. The summed E-state index contributed by atoms with van der Waals surface area (Å²) in [5, 5.41) is 4.55. The van der Waals surface area contributed by atoms with Gasteiger partial charge >= 0.3 is 0 Å². The molecule has 5 heteroatoms. The molecule has 1 aliphatic carbocycles. The fourth-order valence-corrected chi connectivity index (χ4v) is 4.08. The van der Waals surface area contributed by atoms with Crippen LogP contribution in [0.3, 0.4) is 0 Å². The first-order valence-electron chi connectivity index (χ1n) is 6.39. The molecule has 2 nitrogen and oxygen atoms in total. The SMILES string of the molecule is O=C(NC1(CBr)CCCCC1)c1cc(Cl)cc(Br)c1. The maximum absolute atomic E-state index is 12.4. The van der Waals surface area contributed by atoms with Crippen LogP contribution >= 0.6 is 43.5 Å². The number of benzene rings is 1. The summed E-state index contributed by atoms with van der Waals surface area (Å²) in [6.07, 6.45) is 5.67. The molecule has 0 aliphatic heterocycles. The number of carbonyl (C=O) groups excluding carboxylic acids is 1. The average molecular weight is 410 g/mol. The molecule has 1 amide bonds. The smallest absolute Gasteiger partial charge is 0.251 e. The number of hydrogen-bond acceptors (Lipinski definition) is 1. The molecule has 0 atom stereocenters. The number of rotatable bonds is 3. The Balaban J connectivity index is 2.15. The number of carbonyl (C=O) groups is 1. The van der Waals surface area contributed by atoms with E-state index in [0.29, 0.717) is 10.6 Å². The van der Waals surface area contributed by atoms with Crippen molar-refractivity contribution >= 4 is 49.4 Å². The second-order valence-electron chi connectivity index (χ2n) is 5.09. The largest absolute Gasteiger partial charge is 0.346 e. The zero-order chi connectivity index (χ0) is 13.9. The predicted molar refractivity (Wildman–Crippen MR) is 86.2 cm³/mol. The van der Waals surface area contributed by atoms with Crippen LogP contribution < -0.4 is 5.32 Å². The Bertz CT molecular complexity index is 452. The number of alkyl halides is 1. The summed E-state index contributed by atoms with van der Waals surface area (Å²) in [7, 11) is 0. The van der Waals surface area contributed by atoms with Crippen LogP contribution in [0.5, 0.6) is 0 Å². The van der Waals surface area contributed by atoms with E-state index in [0.717, 1.165) is 22.6 Å². The van der Waals surface area contributed by atoms with E-state index in [1.807, 2.05) is 0 Å². The lowest BCUT2D eigenvalue weighted by atomic mass is 9.83. The molecule has 1 N–H and O–H groups in total. The molecule has 0 unspecified atom stereocenters. The van der Waals surface area contributed by atoms with Crippen LogP contribution in [0.4, 0.5) is 0 Å². The van der Waals surface area contributed by atoms with E-state index < -0.39 is 0 Å². The average Bonchev–Trinajstić information content (AvgIpc) is 2.38. The van der Waals surface area contributed by atoms with E-state index in [2.05, 4.69) is 37.2 Å². The van der Waals surface area contributed by atoms with Crippen molar-refractivity contribution in [1.82, 2.24) is 5.32 Å². The molecular weight excluding hydrogens is 393 g/mol. The van der Waals surface area contributed by atoms with Gasteiger partial charge in [-0.2, -0.15) is 0 Å². The summed E-state index contributed by atoms with van der Waals surface area (Å²) < 4.78 is 0.821. The Hall–Kier alpha value is -0.0600. The van der Waals surface area contributed by atoms with Gasteiger partial charge < -0.3 is 5.32 Å². The Morgan fingerprint density at radius 2 is 1.95 bits per heavy atom. The van der Waals surface area contributed by atoms with E-state index >= 15 is 0 Å². The highest BCUT2D eigenvalue weighted by Crippen LogP contribution is 2.30. The van der Waals surface area contributed by atoms with E-state index in [4.69, 9.17) is 11.6 Å². The number of halogens is 3. The molecule has 104 valence electrons. The summed E-state index contributed by atoms with van der Waals surface area (Å²) in [6.45, 7) is 0. The van der Waals surface area contributed by atoms with Crippen molar-refractivity contribution in [1.29, 1.82) is 0 Å². The highest BCUT2D eigenvalue weighted by molar-refractivity contribution is 9.10. The van der Waals surface area contributed by atoms with Crippen molar-refractivity contribution in [3.05, 3.63) is 33.3 Å². The van der Waals surface area contributed by atoms with Gasteiger partial charge in [-0.05, 0) is 31.0 Å². The molecule has 0 saturated heterocycles. The van der Waals surface area contributed by atoms with Gasteiger partial charge in [0.2, 0.25) is 0 Å². The second kappa shape index (κ2) is 6.59. The van der Waals surface area contributed by atoms with Crippen molar-refractivity contribution in [2.45, 2.75) is 37.6 Å². The summed E-state index contributed by atoms with van der Waals surface area (Å²) in [4.78, 5) is 12.4. The lowest BCUT2D eigenvalue weighted by Gasteiger charge is -2.36. The minimum absolute atomic E-state index is 0.0513. The van der Waals surface area contributed by atoms with Crippen LogP contribution in [-0.2, 0) is 0 Å². The quantitative estimate of drug-likeness (QED) is 0.705. The van der Waals surface area contributed by atoms with Gasteiger partial charge in [0.15, 0.2) is 0 Å². The van der Waals surface area contributed by atoms with Crippen molar-refractivity contribution < 1.29 is 4.79 Å². The minimum atomic E-state index is -0.107. The molecular formula is C14H16Br2ClNO. The van der Waals surface area contributed by atoms with Crippen LogP contribution in [0, 0.1) is 0 Å². The fourth-order valence-electron chi connectivity index (χ4n) is 2.52. The molecule has 1 aromatic carbocycles. The Morgan fingerprint density at radius 3 is 2.53 bits per heavy atom. The standard InChI is InChI=1S/C14H16Br2ClNO/c15-9-14(4-2-1-3-5-14)18-13(19)10-6-11(16)8-12(17)7-10/h6-8H,1-5,9H2,(H,18,19).